The molecule has 106 valence electrons. The maximum Gasteiger partial charge on any atom is 0.255 e. The van der Waals surface area contributed by atoms with Crippen molar-refractivity contribution < 1.29 is 4.79 Å². The summed E-state index contributed by atoms with van der Waals surface area (Å²) in [5.41, 5.74) is 1.44. The highest BCUT2D eigenvalue weighted by atomic mass is 16.1. The number of aromatic nitrogens is 1. The first kappa shape index (κ1) is 15.4. The lowest BCUT2D eigenvalue weighted by Crippen LogP contribution is -2.39. The lowest BCUT2D eigenvalue weighted by atomic mass is 10.2. The van der Waals surface area contributed by atoms with Gasteiger partial charge in [-0.1, -0.05) is 6.92 Å². The number of nitrogens with one attached hydrogen (secondary N) is 2. The largest absolute Gasteiger partial charge is 0.384 e. The van der Waals surface area contributed by atoms with Gasteiger partial charge in [0.05, 0.1) is 11.3 Å². The van der Waals surface area contributed by atoms with Crippen LogP contribution in [-0.2, 0) is 0 Å². The first-order valence-electron chi connectivity index (χ1n) is 6.68. The monoisotopic (exact) mass is 264 g/mol. The lowest BCUT2D eigenvalue weighted by molar-refractivity contribution is 0.0935. The maximum atomic E-state index is 12.2. The quantitative estimate of drug-likeness (QED) is 0.785. The van der Waals surface area contributed by atoms with Gasteiger partial charge in [-0.15, -0.1) is 0 Å². The van der Waals surface area contributed by atoms with Crippen LogP contribution in [0.1, 0.15) is 30.6 Å². The minimum Gasteiger partial charge on any atom is -0.384 e. The van der Waals surface area contributed by atoms with Gasteiger partial charge in [0.25, 0.3) is 5.91 Å². The second kappa shape index (κ2) is 7.74. The number of likely N-dealkylation sites (N-methyl/N-ethyl adjacent to an activating group) is 1. The molecule has 1 aromatic heterocycles. The zero-order valence-corrected chi connectivity index (χ0v) is 12.2. The Balaban J connectivity index is 2.70. The molecule has 1 aromatic rings. The average Bonchev–Trinajstić information content (AvgIpc) is 2.35. The third kappa shape index (κ3) is 5.26. The SMILES string of the molecule is CCCNc1ccncc1C(=O)NC(C)CN(C)C. The van der Waals surface area contributed by atoms with Crippen LogP contribution in [0.25, 0.3) is 0 Å². The van der Waals surface area contributed by atoms with Gasteiger partial charge in [0, 0.05) is 31.5 Å². The zero-order valence-electron chi connectivity index (χ0n) is 12.2. The van der Waals surface area contributed by atoms with Crippen LogP contribution in [0.5, 0.6) is 0 Å². The summed E-state index contributed by atoms with van der Waals surface area (Å²) >= 11 is 0. The van der Waals surface area contributed by atoms with Gasteiger partial charge in [-0.05, 0) is 33.5 Å². The fourth-order valence-corrected chi connectivity index (χ4v) is 1.88. The van der Waals surface area contributed by atoms with Crippen LogP contribution < -0.4 is 10.6 Å². The van der Waals surface area contributed by atoms with E-state index in [0.29, 0.717) is 5.56 Å². The van der Waals surface area contributed by atoms with E-state index in [-0.39, 0.29) is 11.9 Å². The van der Waals surface area contributed by atoms with Crippen molar-refractivity contribution in [3.63, 3.8) is 0 Å². The molecule has 0 aliphatic heterocycles. The highest BCUT2D eigenvalue weighted by Crippen LogP contribution is 2.13. The van der Waals surface area contributed by atoms with Crippen LogP contribution in [0.2, 0.25) is 0 Å². The number of anilines is 1. The number of hydrogen-bond donors (Lipinski definition) is 2. The molecular formula is C14H24N4O. The third-order valence-corrected chi connectivity index (χ3v) is 2.65. The number of amides is 1. The summed E-state index contributed by atoms with van der Waals surface area (Å²) in [5.74, 6) is -0.0824. The summed E-state index contributed by atoms with van der Waals surface area (Å²) in [6.07, 6.45) is 4.31. The molecule has 0 spiro atoms. The molecule has 0 fully saturated rings. The van der Waals surface area contributed by atoms with Crippen molar-refractivity contribution >= 4 is 11.6 Å². The van der Waals surface area contributed by atoms with Crippen LogP contribution >= 0.6 is 0 Å². The second-order valence-corrected chi connectivity index (χ2v) is 4.98. The van der Waals surface area contributed by atoms with E-state index in [1.54, 1.807) is 12.4 Å². The molecule has 1 rings (SSSR count). The van der Waals surface area contributed by atoms with Crippen LogP contribution in [0.15, 0.2) is 18.5 Å². The Kier molecular flexibility index (Phi) is 6.29. The zero-order chi connectivity index (χ0) is 14.3. The molecule has 0 aromatic carbocycles. The molecule has 1 amide bonds. The summed E-state index contributed by atoms with van der Waals surface area (Å²) < 4.78 is 0. The summed E-state index contributed by atoms with van der Waals surface area (Å²) in [7, 11) is 3.97. The van der Waals surface area contributed by atoms with E-state index < -0.39 is 0 Å². The summed E-state index contributed by atoms with van der Waals surface area (Å²) in [6.45, 7) is 5.74. The highest BCUT2D eigenvalue weighted by molar-refractivity contribution is 5.99. The first-order chi connectivity index (χ1) is 9.04. The summed E-state index contributed by atoms with van der Waals surface area (Å²) in [5, 5.41) is 6.23. The van der Waals surface area contributed by atoms with Gasteiger partial charge in [0.2, 0.25) is 0 Å². The first-order valence-corrected chi connectivity index (χ1v) is 6.68. The van der Waals surface area contributed by atoms with Gasteiger partial charge in [-0.2, -0.15) is 0 Å². The van der Waals surface area contributed by atoms with Crippen molar-refractivity contribution in [1.82, 2.24) is 15.2 Å². The highest BCUT2D eigenvalue weighted by Gasteiger charge is 2.14. The molecule has 0 saturated carbocycles. The normalized spacial score (nSPS) is 12.3. The Bertz CT molecular complexity index is 406. The van der Waals surface area contributed by atoms with E-state index in [4.69, 9.17) is 0 Å². The number of nitrogens with zero attached hydrogens (tertiary/aromatic N) is 2. The van der Waals surface area contributed by atoms with Crippen molar-refractivity contribution in [1.29, 1.82) is 0 Å². The topological polar surface area (TPSA) is 57.3 Å². The van der Waals surface area contributed by atoms with Crippen LogP contribution in [0, 0.1) is 0 Å². The molecule has 0 saturated heterocycles. The average molecular weight is 264 g/mol. The molecular weight excluding hydrogens is 240 g/mol. The Morgan fingerprint density at radius 1 is 1.47 bits per heavy atom. The van der Waals surface area contributed by atoms with E-state index in [9.17, 15) is 4.79 Å². The number of pyridine rings is 1. The molecule has 19 heavy (non-hydrogen) atoms. The van der Waals surface area contributed by atoms with Crippen molar-refractivity contribution in [2.45, 2.75) is 26.3 Å². The standard InChI is InChI=1S/C14H24N4O/c1-5-7-16-13-6-8-15-9-12(13)14(19)17-11(2)10-18(3)4/h6,8-9,11H,5,7,10H2,1-4H3,(H,15,16)(H,17,19). The van der Waals surface area contributed by atoms with Gasteiger partial charge in [-0.3, -0.25) is 9.78 Å². The van der Waals surface area contributed by atoms with E-state index >= 15 is 0 Å². The lowest BCUT2D eigenvalue weighted by Gasteiger charge is -2.19. The van der Waals surface area contributed by atoms with Gasteiger partial charge >= 0.3 is 0 Å². The summed E-state index contributed by atoms with van der Waals surface area (Å²) in [6, 6.07) is 1.93. The molecule has 0 aliphatic carbocycles. The number of carbonyl (C=O) groups is 1. The molecule has 1 heterocycles. The molecule has 0 bridgehead atoms. The molecule has 2 N–H and O–H groups in total. The van der Waals surface area contributed by atoms with Gasteiger partial charge in [-0.25, -0.2) is 0 Å². The second-order valence-electron chi connectivity index (χ2n) is 4.98. The number of rotatable bonds is 7. The van der Waals surface area contributed by atoms with Crippen molar-refractivity contribution in [2.75, 3.05) is 32.5 Å². The molecule has 5 heteroatoms. The minimum atomic E-state index is -0.0824. The number of hydrogen-bond acceptors (Lipinski definition) is 4. The van der Waals surface area contributed by atoms with E-state index in [2.05, 4.69) is 22.5 Å². The van der Waals surface area contributed by atoms with Crippen molar-refractivity contribution in [2.24, 2.45) is 0 Å². The predicted octanol–water partition coefficient (Wildman–Crippen LogP) is 1.58. The third-order valence-electron chi connectivity index (χ3n) is 2.65. The van der Waals surface area contributed by atoms with Crippen LogP contribution in [0.4, 0.5) is 5.69 Å². The fraction of sp³-hybridized carbons (Fsp3) is 0.571. The van der Waals surface area contributed by atoms with E-state index in [1.807, 2.05) is 32.0 Å². The van der Waals surface area contributed by atoms with Crippen LogP contribution in [-0.4, -0.2) is 49.0 Å². The Hall–Kier alpha value is -1.62. The molecule has 0 radical (unpaired) electrons. The van der Waals surface area contributed by atoms with Gasteiger partial charge in [0.1, 0.15) is 0 Å². The Labute approximate surface area is 115 Å². The van der Waals surface area contributed by atoms with Crippen molar-refractivity contribution in [3.8, 4) is 0 Å². The van der Waals surface area contributed by atoms with Gasteiger partial charge < -0.3 is 15.5 Å². The molecule has 0 aliphatic rings. The summed E-state index contributed by atoms with van der Waals surface area (Å²) in [4.78, 5) is 18.3. The molecule has 5 nitrogen and oxygen atoms in total. The molecule has 1 unspecified atom stereocenters. The van der Waals surface area contributed by atoms with E-state index in [0.717, 1.165) is 25.2 Å². The van der Waals surface area contributed by atoms with Crippen LogP contribution in [0.3, 0.4) is 0 Å². The predicted molar refractivity (Wildman–Crippen MR) is 78.5 cm³/mol. The smallest absolute Gasteiger partial charge is 0.255 e. The van der Waals surface area contributed by atoms with Gasteiger partial charge in [0.15, 0.2) is 0 Å². The number of carbonyl (C=O) groups excluding carboxylic acids is 1. The van der Waals surface area contributed by atoms with Crippen molar-refractivity contribution in [3.05, 3.63) is 24.0 Å². The van der Waals surface area contributed by atoms with E-state index in [1.165, 1.54) is 0 Å². The minimum absolute atomic E-state index is 0.0824. The maximum absolute atomic E-state index is 12.2. The fourth-order valence-electron chi connectivity index (χ4n) is 1.88. The Morgan fingerprint density at radius 3 is 2.84 bits per heavy atom. The molecule has 1 atom stereocenters. The Morgan fingerprint density at radius 2 is 2.21 bits per heavy atom.